The molecule has 0 saturated carbocycles. The van der Waals surface area contributed by atoms with Gasteiger partial charge in [-0.1, -0.05) is 39.3 Å². The first-order valence-electron chi connectivity index (χ1n) is 12.5. The van der Waals surface area contributed by atoms with E-state index in [2.05, 4.69) is 10.3 Å². The van der Waals surface area contributed by atoms with Crippen LogP contribution < -0.4 is 10.9 Å². The largest absolute Gasteiger partial charge is 0.478 e. The number of carbonyl (C=O) groups excluding carboxylic acids is 1. The van der Waals surface area contributed by atoms with Crippen molar-refractivity contribution < 1.29 is 24.5 Å². The molecule has 0 spiro atoms. The van der Waals surface area contributed by atoms with E-state index < -0.39 is 21.7 Å². The van der Waals surface area contributed by atoms with Gasteiger partial charge in [-0.3, -0.25) is 34.4 Å². The summed E-state index contributed by atoms with van der Waals surface area (Å²) in [5, 5.41) is 33.7. The van der Waals surface area contributed by atoms with E-state index in [0.29, 0.717) is 27.4 Å². The Balaban J connectivity index is 0.000000241. The molecule has 1 heterocycles. The van der Waals surface area contributed by atoms with Crippen molar-refractivity contribution in [2.45, 2.75) is 33.6 Å². The summed E-state index contributed by atoms with van der Waals surface area (Å²) in [6, 6.07) is 14.2. The van der Waals surface area contributed by atoms with E-state index in [9.17, 15) is 34.6 Å². The number of nitrogens with one attached hydrogen (secondary N) is 1. The van der Waals surface area contributed by atoms with Crippen molar-refractivity contribution in [3.63, 3.8) is 0 Å². The van der Waals surface area contributed by atoms with Gasteiger partial charge < -0.3 is 10.4 Å². The van der Waals surface area contributed by atoms with E-state index in [1.54, 1.807) is 38.1 Å². The van der Waals surface area contributed by atoms with Crippen molar-refractivity contribution in [1.29, 1.82) is 0 Å². The lowest BCUT2D eigenvalue weighted by Crippen LogP contribution is -2.24. The van der Waals surface area contributed by atoms with E-state index in [0.717, 1.165) is 18.2 Å². The maximum atomic E-state index is 12.9. The summed E-state index contributed by atoms with van der Waals surface area (Å²) in [4.78, 5) is 60.3. The van der Waals surface area contributed by atoms with Gasteiger partial charge >= 0.3 is 5.97 Å². The Bertz CT molecular complexity index is 1750. The molecule has 14 heteroatoms. The second-order valence-electron chi connectivity index (χ2n) is 9.64. The lowest BCUT2D eigenvalue weighted by Gasteiger charge is -2.16. The van der Waals surface area contributed by atoms with Gasteiger partial charge in [0.1, 0.15) is 5.82 Å². The minimum absolute atomic E-state index is 0.0444. The average molecular weight is 596 g/mol. The number of carboxylic acid groups (broad SMARTS) is 1. The molecule has 4 aromatic rings. The van der Waals surface area contributed by atoms with Gasteiger partial charge in [0.15, 0.2) is 0 Å². The summed E-state index contributed by atoms with van der Waals surface area (Å²) in [6.07, 6.45) is 0. The normalized spacial score (nSPS) is 10.7. The van der Waals surface area contributed by atoms with E-state index in [1.807, 2.05) is 13.8 Å². The molecule has 2 N–H and O–H groups in total. The minimum atomic E-state index is -1.26. The van der Waals surface area contributed by atoms with Crippen LogP contribution in [-0.2, 0) is 4.79 Å². The first-order chi connectivity index (χ1) is 19.7. The highest BCUT2D eigenvalue weighted by Gasteiger charge is 2.19. The highest BCUT2D eigenvalue weighted by molar-refractivity contribution is 6.30. The van der Waals surface area contributed by atoms with Crippen LogP contribution >= 0.6 is 11.6 Å². The summed E-state index contributed by atoms with van der Waals surface area (Å²) in [5.74, 6) is -1.53. The van der Waals surface area contributed by atoms with Gasteiger partial charge in [-0.05, 0) is 36.4 Å². The van der Waals surface area contributed by atoms with Crippen molar-refractivity contribution in [2.75, 3.05) is 5.32 Å². The third kappa shape index (κ3) is 7.12. The van der Waals surface area contributed by atoms with Gasteiger partial charge in [0.05, 0.1) is 37.7 Å². The average Bonchev–Trinajstić information content (AvgIpc) is 2.93. The van der Waals surface area contributed by atoms with Crippen LogP contribution in [0.3, 0.4) is 0 Å². The molecule has 0 fully saturated rings. The summed E-state index contributed by atoms with van der Waals surface area (Å²) in [7, 11) is 0. The molecule has 1 amide bonds. The quantitative estimate of drug-likeness (QED) is 0.192. The number of fused-ring (bicyclic) bond motifs is 1. The number of anilines is 1. The SMILES string of the molecule is CC(C)C(=O)Nc1cc([N+](=O)[O-])ccc1C(=O)O.CC(C)c1nc2cc([N+](=O)[O-])ccc2c(=O)n1-c1ccc(Cl)cc1. The Morgan fingerprint density at radius 3 is 2.02 bits per heavy atom. The predicted molar refractivity (Wildman–Crippen MR) is 157 cm³/mol. The molecule has 3 aromatic carbocycles. The Morgan fingerprint density at radius 1 is 0.929 bits per heavy atom. The van der Waals surface area contributed by atoms with Crippen LogP contribution in [-0.4, -0.2) is 36.4 Å². The van der Waals surface area contributed by atoms with Crippen molar-refractivity contribution in [1.82, 2.24) is 9.55 Å². The predicted octanol–water partition coefficient (Wildman–Crippen LogP) is 5.96. The molecule has 1 aromatic heterocycles. The molecule has 0 atom stereocenters. The molecule has 0 aliphatic heterocycles. The number of nitro benzene ring substituents is 2. The van der Waals surface area contributed by atoms with Crippen LogP contribution in [0.5, 0.6) is 0 Å². The molecule has 0 bridgehead atoms. The van der Waals surface area contributed by atoms with Gasteiger partial charge in [0, 0.05) is 41.1 Å². The van der Waals surface area contributed by atoms with Crippen molar-refractivity contribution in [3.05, 3.63) is 108 Å². The molecular weight excluding hydrogens is 570 g/mol. The van der Waals surface area contributed by atoms with Crippen LogP contribution in [0.1, 0.15) is 49.8 Å². The maximum absolute atomic E-state index is 12.9. The van der Waals surface area contributed by atoms with Crippen molar-refractivity contribution >= 4 is 51.4 Å². The molecule has 4 rings (SSSR count). The minimum Gasteiger partial charge on any atom is -0.478 e. The van der Waals surface area contributed by atoms with Crippen LogP contribution in [0.2, 0.25) is 5.02 Å². The van der Waals surface area contributed by atoms with Crippen LogP contribution in [0, 0.1) is 26.1 Å². The molecule has 0 aliphatic rings. The van der Waals surface area contributed by atoms with Gasteiger partial charge in [-0.25, -0.2) is 9.78 Å². The molecule has 0 radical (unpaired) electrons. The number of nitro groups is 2. The van der Waals surface area contributed by atoms with Crippen LogP contribution in [0.25, 0.3) is 16.6 Å². The molecule has 218 valence electrons. The van der Waals surface area contributed by atoms with Crippen LogP contribution in [0.4, 0.5) is 17.1 Å². The van der Waals surface area contributed by atoms with E-state index in [-0.39, 0.29) is 40.0 Å². The fourth-order valence-electron chi connectivity index (χ4n) is 3.74. The zero-order valence-electron chi connectivity index (χ0n) is 22.9. The van der Waals surface area contributed by atoms with Gasteiger partial charge in [-0.15, -0.1) is 0 Å². The Labute approximate surface area is 243 Å². The molecule has 13 nitrogen and oxygen atoms in total. The first kappa shape index (κ1) is 31.4. The molecule has 0 saturated heterocycles. The second-order valence-corrected chi connectivity index (χ2v) is 10.1. The zero-order chi connectivity index (χ0) is 31.3. The zero-order valence-corrected chi connectivity index (χ0v) is 23.7. The Morgan fingerprint density at radius 2 is 1.50 bits per heavy atom. The lowest BCUT2D eigenvalue weighted by atomic mass is 10.1. The summed E-state index contributed by atoms with van der Waals surface area (Å²) in [5.41, 5.74) is 0.0855. The van der Waals surface area contributed by atoms with E-state index >= 15 is 0 Å². The highest BCUT2D eigenvalue weighted by Crippen LogP contribution is 2.24. The monoisotopic (exact) mass is 595 g/mol. The summed E-state index contributed by atoms with van der Waals surface area (Å²) < 4.78 is 1.52. The van der Waals surface area contributed by atoms with Gasteiger partial charge in [0.25, 0.3) is 16.9 Å². The number of aromatic carboxylic acids is 1. The number of nitrogens with zero attached hydrogens (tertiary/aromatic N) is 4. The van der Waals surface area contributed by atoms with Crippen molar-refractivity contribution in [3.8, 4) is 5.69 Å². The van der Waals surface area contributed by atoms with E-state index in [4.69, 9.17) is 16.7 Å². The maximum Gasteiger partial charge on any atom is 0.337 e. The number of rotatable bonds is 7. The first-order valence-corrected chi connectivity index (χ1v) is 12.9. The number of amides is 1. The molecule has 0 unspecified atom stereocenters. The van der Waals surface area contributed by atoms with Gasteiger partial charge in [-0.2, -0.15) is 0 Å². The third-order valence-electron chi connectivity index (χ3n) is 5.92. The highest BCUT2D eigenvalue weighted by atomic mass is 35.5. The smallest absolute Gasteiger partial charge is 0.337 e. The third-order valence-corrected chi connectivity index (χ3v) is 6.17. The standard InChI is InChI=1S/C17H14ClN3O3.C11H12N2O5/c1-10(2)16-19-15-9-13(21(23)24)7-8-14(15)17(22)20(16)12-5-3-11(18)4-6-12;1-6(2)10(14)12-9-5-7(13(17)18)3-4-8(9)11(15)16/h3-10H,1-2H3;3-6H,1-2H3,(H,12,14)(H,15,16). The number of carboxylic acids is 1. The number of aromatic nitrogens is 2. The number of benzene rings is 3. The van der Waals surface area contributed by atoms with E-state index in [1.165, 1.54) is 22.8 Å². The number of non-ortho nitro benzene ring substituents is 2. The fourth-order valence-corrected chi connectivity index (χ4v) is 3.87. The topological polar surface area (TPSA) is 188 Å². The fraction of sp³-hybridized carbons (Fsp3) is 0.214. The summed E-state index contributed by atoms with van der Waals surface area (Å²) >= 11 is 5.92. The molecular formula is C28H26ClN5O8. The second kappa shape index (κ2) is 13.0. The molecule has 0 aliphatic carbocycles. The van der Waals surface area contributed by atoms with Gasteiger partial charge in [0.2, 0.25) is 5.91 Å². The number of carbonyl (C=O) groups is 2. The van der Waals surface area contributed by atoms with Crippen LogP contribution in [0.15, 0.2) is 65.5 Å². The number of hydrogen-bond acceptors (Lipinski definition) is 8. The lowest BCUT2D eigenvalue weighted by molar-refractivity contribution is -0.384. The number of hydrogen-bond donors (Lipinski definition) is 2. The number of halogens is 1. The summed E-state index contributed by atoms with van der Waals surface area (Å²) in [6.45, 7) is 7.09. The Hall–Kier alpha value is -5.17. The molecule has 42 heavy (non-hydrogen) atoms. The van der Waals surface area contributed by atoms with Crippen molar-refractivity contribution in [2.24, 2.45) is 5.92 Å². The Kier molecular flexibility index (Phi) is 9.70.